The first-order chi connectivity index (χ1) is 6.19. The molecule has 0 saturated carbocycles. The summed E-state index contributed by atoms with van der Waals surface area (Å²) >= 11 is 1.42. The molecular weight excluding hydrogens is 190 g/mol. The Balaban J connectivity index is 2.91. The van der Waals surface area contributed by atoms with Crippen LogP contribution in [0.25, 0.3) is 0 Å². The number of nitrogens with one attached hydrogen (secondary N) is 1. The zero-order chi connectivity index (χ0) is 9.84. The molecule has 0 aliphatic heterocycles. The van der Waals surface area contributed by atoms with Gasteiger partial charge in [-0.25, -0.2) is 5.48 Å². The van der Waals surface area contributed by atoms with Gasteiger partial charge < -0.3 is 0 Å². The number of hydrogen-bond acceptors (Lipinski definition) is 4. The lowest BCUT2D eigenvalue weighted by molar-refractivity contribution is 0.0534. The van der Waals surface area contributed by atoms with E-state index in [0.717, 1.165) is 0 Å². The van der Waals surface area contributed by atoms with Gasteiger partial charge in [-0.05, 0) is 6.26 Å². The molecule has 1 heterocycles. The van der Waals surface area contributed by atoms with E-state index in [0.29, 0.717) is 10.6 Å². The Labute approximate surface area is 80.4 Å². The third-order valence-corrected chi connectivity index (χ3v) is 2.12. The first kappa shape index (κ1) is 10.1. The Kier molecular flexibility index (Phi) is 3.32. The molecule has 1 rings (SSSR count). The summed E-state index contributed by atoms with van der Waals surface area (Å²) in [7, 11) is 3.16. The van der Waals surface area contributed by atoms with Crippen LogP contribution in [0.4, 0.5) is 0 Å². The monoisotopic (exact) mass is 201 g/mol. The van der Waals surface area contributed by atoms with Crippen molar-refractivity contribution < 1.29 is 9.63 Å². The van der Waals surface area contributed by atoms with Gasteiger partial charge >= 0.3 is 0 Å². The van der Waals surface area contributed by atoms with Gasteiger partial charge in [-0.1, -0.05) is 0 Å². The number of hydroxylamine groups is 1. The van der Waals surface area contributed by atoms with E-state index in [4.69, 9.17) is 0 Å². The highest BCUT2D eigenvalue weighted by molar-refractivity contribution is 7.98. The topological polar surface area (TPSA) is 56.1 Å². The Morgan fingerprint density at radius 1 is 1.77 bits per heavy atom. The third kappa shape index (κ3) is 2.22. The molecule has 6 heteroatoms. The van der Waals surface area contributed by atoms with E-state index in [1.54, 1.807) is 17.9 Å². The SMILES string of the molecule is CONC(=O)c1cn(C)nc1SC. The van der Waals surface area contributed by atoms with Crippen molar-refractivity contribution in [3.63, 3.8) is 0 Å². The maximum atomic E-state index is 11.3. The third-order valence-electron chi connectivity index (χ3n) is 1.43. The van der Waals surface area contributed by atoms with Crippen molar-refractivity contribution in [1.29, 1.82) is 0 Å². The molecule has 0 fully saturated rings. The lowest BCUT2D eigenvalue weighted by Gasteiger charge is -1.99. The van der Waals surface area contributed by atoms with E-state index < -0.39 is 0 Å². The van der Waals surface area contributed by atoms with Crippen LogP contribution in [0.5, 0.6) is 0 Å². The number of hydrogen-bond donors (Lipinski definition) is 1. The summed E-state index contributed by atoms with van der Waals surface area (Å²) in [5.41, 5.74) is 2.77. The van der Waals surface area contributed by atoms with E-state index >= 15 is 0 Å². The minimum Gasteiger partial charge on any atom is -0.277 e. The quantitative estimate of drug-likeness (QED) is 0.569. The fraction of sp³-hybridized carbons (Fsp3) is 0.429. The predicted molar refractivity (Wildman–Crippen MR) is 49.5 cm³/mol. The average molecular weight is 201 g/mol. The Morgan fingerprint density at radius 2 is 2.46 bits per heavy atom. The van der Waals surface area contributed by atoms with Crippen LogP contribution in [-0.2, 0) is 11.9 Å². The molecule has 1 N–H and O–H groups in total. The summed E-state index contributed by atoms with van der Waals surface area (Å²) in [6.45, 7) is 0. The Hall–Kier alpha value is -1.01. The molecule has 0 saturated heterocycles. The molecule has 1 aromatic rings. The van der Waals surface area contributed by atoms with E-state index in [1.807, 2.05) is 6.26 Å². The van der Waals surface area contributed by atoms with Gasteiger partial charge in [0.15, 0.2) is 0 Å². The highest BCUT2D eigenvalue weighted by Gasteiger charge is 2.14. The maximum absolute atomic E-state index is 11.3. The maximum Gasteiger partial charge on any atom is 0.279 e. The number of rotatable bonds is 3. The van der Waals surface area contributed by atoms with Crippen LogP contribution in [-0.4, -0.2) is 29.1 Å². The van der Waals surface area contributed by atoms with Gasteiger partial charge in [0, 0.05) is 13.2 Å². The van der Waals surface area contributed by atoms with Crippen LogP contribution in [0, 0.1) is 0 Å². The van der Waals surface area contributed by atoms with Crippen LogP contribution >= 0.6 is 11.8 Å². The van der Waals surface area contributed by atoms with E-state index in [-0.39, 0.29) is 5.91 Å². The molecule has 0 aliphatic rings. The van der Waals surface area contributed by atoms with Crippen LogP contribution in [0.3, 0.4) is 0 Å². The first-order valence-electron chi connectivity index (χ1n) is 3.60. The average Bonchev–Trinajstić information content (AvgIpc) is 2.47. The van der Waals surface area contributed by atoms with Gasteiger partial charge in [-0.3, -0.25) is 14.3 Å². The summed E-state index contributed by atoms with van der Waals surface area (Å²) in [6, 6.07) is 0. The van der Waals surface area contributed by atoms with Gasteiger partial charge in [-0.2, -0.15) is 5.10 Å². The molecule has 0 spiro atoms. The standard InChI is InChI=1S/C7H11N3O2S/c1-10-4-5(6(11)9-12-2)7(8-10)13-3/h4H,1-3H3,(H,9,11). The lowest BCUT2D eigenvalue weighted by Crippen LogP contribution is -2.21. The lowest BCUT2D eigenvalue weighted by atomic mass is 10.3. The second-order valence-electron chi connectivity index (χ2n) is 2.36. The molecule has 0 aliphatic carbocycles. The summed E-state index contributed by atoms with van der Waals surface area (Å²) in [5, 5.41) is 4.79. The molecule has 0 aromatic carbocycles. The zero-order valence-electron chi connectivity index (χ0n) is 7.70. The highest BCUT2D eigenvalue weighted by Crippen LogP contribution is 2.17. The Bertz CT molecular complexity index is 311. The molecule has 13 heavy (non-hydrogen) atoms. The van der Waals surface area contributed by atoms with E-state index in [1.165, 1.54) is 18.9 Å². The smallest absolute Gasteiger partial charge is 0.277 e. The molecule has 0 radical (unpaired) electrons. The van der Waals surface area contributed by atoms with Crippen molar-refractivity contribution >= 4 is 17.7 Å². The number of aryl methyl sites for hydroxylation is 1. The number of carbonyl (C=O) groups excluding carboxylic acids is 1. The normalized spacial score (nSPS) is 10.1. The van der Waals surface area contributed by atoms with Crippen molar-refractivity contribution in [3.8, 4) is 0 Å². The minimum atomic E-state index is -0.278. The van der Waals surface area contributed by atoms with E-state index in [9.17, 15) is 4.79 Å². The van der Waals surface area contributed by atoms with Crippen molar-refractivity contribution in [3.05, 3.63) is 11.8 Å². The van der Waals surface area contributed by atoms with Gasteiger partial charge in [0.2, 0.25) is 0 Å². The van der Waals surface area contributed by atoms with E-state index in [2.05, 4.69) is 15.4 Å². The number of amides is 1. The first-order valence-corrected chi connectivity index (χ1v) is 4.82. The molecule has 0 bridgehead atoms. The fourth-order valence-electron chi connectivity index (χ4n) is 0.922. The van der Waals surface area contributed by atoms with Gasteiger partial charge in [0.25, 0.3) is 5.91 Å². The molecule has 5 nitrogen and oxygen atoms in total. The summed E-state index contributed by atoms with van der Waals surface area (Å²) in [5.74, 6) is -0.278. The number of thioether (sulfide) groups is 1. The predicted octanol–water partition coefficient (Wildman–Crippen LogP) is 0.433. The van der Waals surface area contributed by atoms with Gasteiger partial charge in [0.05, 0.1) is 12.7 Å². The van der Waals surface area contributed by atoms with Crippen molar-refractivity contribution in [2.24, 2.45) is 7.05 Å². The van der Waals surface area contributed by atoms with Gasteiger partial charge in [0.1, 0.15) is 5.03 Å². The molecule has 0 unspecified atom stereocenters. The molecule has 72 valence electrons. The molecule has 1 aromatic heterocycles. The Morgan fingerprint density at radius 3 is 3.00 bits per heavy atom. The number of carbonyl (C=O) groups is 1. The second-order valence-corrected chi connectivity index (χ2v) is 3.16. The number of aromatic nitrogens is 2. The fourth-order valence-corrected chi connectivity index (χ4v) is 1.50. The van der Waals surface area contributed by atoms with Crippen LogP contribution in [0.2, 0.25) is 0 Å². The summed E-state index contributed by atoms with van der Waals surface area (Å²) in [6.07, 6.45) is 3.52. The molecular formula is C7H11N3O2S. The van der Waals surface area contributed by atoms with Crippen molar-refractivity contribution in [2.75, 3.05) is 13.4 Å². The second kappa shape index (κ2) is 4.29. The highest BCUT2D eigenvalue weighted by atomic mass is 32.2. The molecule has 1 amide bonds. The number of nitrogens with zero attached hydrogens (tertiary/aromatic N) is 2. The van der Waals surface area contributed by atoms with Crippen LogP contribution in [0.15, 0.2) is 11.2 Å². The van der Waals surface area contributed by atoms with Gasteiger partial charge in [-0.15, -0.1) is 11.8 Å². The zero-order valence-corrected chi connectivity index (χ0v) is 8.51. The largest absolute Gasteiger partial charge is 0.279 e. The summed E-state index contributed by atoms with van der Waals surface area (Å²) in [4.78, 5) is 15.9. The van der Waals surface area contributed by atoms with Crippen LogP contribution in [0.1, 0.15) is 10.4 Å². The molecule has 0 atom stereocenters. The minimum absolute atomic E-state index is 0.278. The van der Waals surface area contributed by atoms with Crippen LogP contribution < -0.4 is 5.48 Å². The summed E-state index contributed by atoms with van der Waals surface area (Å²) < 4.78 is 1.59. The van der Waals surface area contributed by atoms with Crippen molar-refractivity contribution in [1.82, 2.24) is 15.3 Å². The van der Waals surface area contributed by atoms with Crippen molar-refractivity contribution in [2.45, 2.75) is 5.03 Å².